The van der Waals surface area contributed by atoms with Crippen molar-refractivity contribution in [2.45, 2.75) is 39.2 Å². The van der Waals surface area contributed by atoms with Crippen LogP contribution in [-0.2, 0) is 9.59 Å². The lowest BCUT2D eigenvalue weighted by Crippen LogP contribution is -2.51. The number of hydrogen-bond donors (Lipinski definition) is 2. The second kappa shape index (κ2) is 9.03. The summed E-state index contributed by atoms with van der Waals surface area (Å²) in [6, 6.07) is 5.74. The van der Waals surface area contributed by atoms with Crippen molar-refractivity contribution in [1.82, 2.24) is 10.2 Å². The van der Waals surface area contributed by atoms with Gasteiger partial charge in [0.1, 0.15) is 6.04 Å². The molecule has 6 nitrogen and oxygen atoms in total. The van der Waals surface area contributed by atoms with E-state index in [2.05, 4.69) is 5.32 Å². The summed E-state index contributed by atoms with van der Waals surface area (Å²) in [5.41, 5.74) is 0.526. The van der Waals surface area contributed by atoms with Crippen molar-refractivity contribution < 1.29 is 19.5 Å². The van der Waals surface area contributed by atoms with E-state index in [1.54, 1.807) is 36.1 Å². The lowest BCUT2D eigenvalue weighted by atomic mass is 9.94. The fourth-order valence-corrected chi connectivity index (χ4v) is 3.23. The minimum atomic E-state index is -1.03. The van der Waals surface area contributed by atoms with Gasteiger partial charge < -0.3 is 15.3 Å². The van der Waals surface area contributed by atoms with Crippen LogP contribution in [0, 0.1) is 11.8 Å². The second-order valence-electron chi connectivity index (χ2n) is 6.81. The SMILES string of the molecule is CC[C@H](C)[C@H](NC(=O)C1CCCN(C(=O)c2ccc(Cl)cc2)C1)C(=O)O. The number of carbonyl (C=O) groups excluding carboxylic acids is 2. The maximum Gasteiger partial charge on any atom is 0.326 e. The average Bonchev–Trinajstić information content (AvgIpc) is 2.65. The quantitative estimate of drug-likeness (QED) is 0.794. The molecule has 2 amide bonds. The predicted molar refractivity (Wildman–Crippen MR) is 99.1 cm³/mol. The maximum atomic E-state index is 12.6. The summed E-state index contributed by atoms with van der Waals surface area (Å²) in [5.74, 6) is -2.03. The van der Waals surface area contributed by atoms with E-state index < -0.39 is 17.9 Å². The van der Waals surface area contributed by atoms with Gasteiger partial charge in [-0.05, 0) is 43.0 Å². The van der Waals surface area contributed by atoms with Crippen LogP contribution in [0.15, 0.2) is 24.3 Å². The fourth-order valence-electron chi connectivity index (χ4n) is 3.10. The summed E-state index contributed by atoms with van der Waals surface area (Å²) < 4.78 is 0. The molecule has 1 fully saturated rings. The van der Waals surface area contributed by atoms with E-state index in [1.165, 1.54) is 0 Å². The molecule has 0 spiro atoms. The van der Waals surface area contributed by atoms with Gasteiger partial charge in [-0.1, -0.05) is 31.9 Å². The number of benzene rings is 1. The Morgan fingerprint density at radius 3 is 2.54 bits per heavy atom. The Balaban J connectivity index is 2.02. The number of amides is 2. The van der Waals surface area contributed by atoms with Gasteiger partial charge in [-0.2, -0.15) is 0 Å². The molecule has 1 aromatic carbocycles. The zero-order valence-corrected chi connectivity index (χ0v) is 15.8. The minimum Gasteiger partial charge on any atom is -0.480 e. The van der Waals surface area contributed by atoms with Crippen molar-refractivity contribution in [3.63, 3.8) is 0 Å². The normalized spacial score (nSPS) is 19.5. The Morgan fingerprint density at radius 2 is 1.96 bits per heavy atom. The second-order valence-corrected chi connectivity index (χ2v) is 7.24. The van der Waals surface area contributed by atoms with Crippen LogP contribution in [0.25, 0.3) is 0 Å². The largest absolute Gasteiger partial charge is 0.480 e. The zero-order chi connectivity index (χ0) is 19.3. The van der Waals surface area contributed by atoms with Gasteiger partial charge in [0, 0.05) is 23.7 Å². The van der Waals surface area contributed by atoms with E-state index >= 15 is 0 Å². The summed E-state index contributed by atoms with van der Waals surface area (Å²) in [5, 5.41) is 12.6. The highest BCUT2D eigenvalue weighted by molar-refractivity contribution is 6.30. The number of carbonyl (C=O) groups is 3. The first-order valence-corrected chi connectivity index (χ1v) is 9.29. The van der Waals surface area contributed by atoms with E-state index in [0.717, 1.165) is 0 Å². The van der Waals surface area contributed by atoms with Crippen LogP contribution in [0.1, 0.15) is 43.5 Å². The molecular weight excluding hydrogens is 356 g/mol. The third-order valence-corrected chi connectivity index (χ3v) is 5.20. The van der Waals surface area contributed by atoms with Gasteiger partial charge in [-0.3, -0.25) is 9.59 Å². The molecule has 1 unspecified atom stereocenters. The number of nitrogens with zero attached hydrogens (tertiary/aromatic N) is 1. The number of piperidine rings is 1. The molecule has 1 aliphatic heterocycles. The molecule has 2 rings (SSSR count). The molecule has 1 heterocycles. The molecule has 0 aliphatic carbocycles. The van der Waals surface area contributed by atoms with Crippen molar-refractivity contribution in [1.29, 1.82) is 0 Å². The number of halogens is 1. The van der Waals surface area contributed by atoms with Gasteiger partial charge >= 0.3 is 5.97 Å². The molecule has 3 atom stereocenters. The summed E-state index contributed by atoms with van der Waals surface area (Å²) >= 11 is 5.85. The Labute approximate surface area is 158 Å². The molecule has 26 heavy (non-hydrogen) atoms. The van der Waals surface area contributed by atoms with Crippen molar-refractivity contribution in [3.05, 3.63) is 34.9 Å². The fraction of sp³-hybridized carbons (Fsp3) is 0.526. The number of hydrogen-bond acceptors (Lipinski definition) is 3. The maximum absolute atomic E-state index is 12.6. The zero-order valence-electron chi connectivity index (χ0n) is 15.1. The molecule has 1 aliphatic rings. The van der Waals surface area contributed by atoms with Crippen molar-refractivity contribution >= 4 is 29.4 Å². The number of aliphatic carboxylic acids is 1. The van der Waals surface area contributed by atoms with Gasteiger partial charge in [0.05, 0.1) is 5.92 Å². The van der Waals surface area contributed by atoms with Crippen LogP contribution >= 0.6 is 11.6 Å². The van der Waals surface area contributed by atoms with E-state index in [1.807, 2.05) is 6.92 Å². The van der Waals surface area contributed by atoms with Crippen LogP contribution in [0.2, 0.25) is 5.02 Å². The molecule has 2 N–H and O–H groups in total. The smallest absolute Gasteiger partial charge is 0.326 e. The Morgan fingerprint density at radius 1 is 1.31 bits per heavy atom. The first kappa shape index (κ1) is 20.2. The third-order valence-electron chi connectivity index (χ3n) is 4.95. The van der Waals surface area contributed by atoms with E-state index in [-0.39, 0.29) is 17.7 Å². The summed E-state index contributed by atoms with van der Waals surface area (Å²) in [6.07, 6.45) is 2.00. The van der Waals surface area contributed by atoms with Gasteiger partial charge in [-0.25, -0.2) is 4.79 Å². The number of rotatable bonds is 6. The van der Waals surface area contributed by atoms with Gasteiger partial charge in [0.2, 0.25) is 5.91 Å². The van der Waals surface area contributed by atoms with Crippen molar-refractivity contribution in [2.75, 3.05) is 13.1 Å². The monoisotopic (exact) mass is 380 g/mol. The predicted octanol–water partition coefficient (Wildman–Crippen LogP) is 2.81. The van der Waals surface area contributed by atoms with Crippen LogP contribution in [0.5, 0.6) is 0 Å². The molecule has 0 aromatic heterocycles. The van der Waals surface area contributed by atoms with Gasteiger partial charge in [0.15, 0.2) is 0 Å². The minimum absolute atomic E-state index is 0.143. The number of nitrogens with one attached hydrogen (secondary N) is 1. The van der Waals surface area contributed by atoms with E-state index in [0.29, 0.717) is 42.9 Å². The van der Waals surface area contributed by atoms with Gasteiger partial charge in [0.25, 0.3) is 5.91 Å². The Bertz CT molecular complexity index is 662. The van der Waals surface area contributed by atoms with E-state index in [9.17, 15) is 19.5 Å². The number of carboxylic acids is 1. The number of carboxylic acid groups (broad SMARTS) is 1. The van der Waals surface area contributed by atoms with Crippen LogP contribution < -0.4 is 5.32 Å². The highest BCUT2D eigenvalue weighted by Crippen LogP contribution is 2.20. The lowest BCUT2D eigenvalue weighted by molar-refractivity contribution is -0.144. The lowest BCUT2D eigenvalue weighted by Gasteiger charge is -2.33. The summed E-state index contributed by atoms with van der Waals surface area (Å²) in [6.45, 7) is 4.56. The number of likely N-dealkylation sites (tertiary alicyclic amines) is 1. The average molecular weight is 381 g/mol. The van der Waals surface area contributed by atoms with E-state index in [4.69, 9.17) is 11.6 Å². The Kier molecular flexibility index (Phi) is 7.03. The third kappa shape index (κ3) is 4.97. The summed E-state index contributed by atoms with van der Waals surface area (Å²) in [7, 11) is 0. The van der Waals surface area contributed by atoms with Crippen LogP contribution in [0.4, 0.5) is 0 Å². The standard InChI is InChI=1S/C19H25ClN2O4/c1-3-12(2)16(19(25)26)21-17(23)14-5-4-10-22(11-14)18(24)13-6-8-15(20)9-7-13/h6-9,12,14,16H,3-5,10-11H2,1-2H3,(H,21,23)(H,25,26)/t12-,14?,16-/m0/s1. The first-order chi connectivity index (χ1) is 12.3. The molecule has 1 saturated heterocycles. The van der Waals surface area contributed by atoms with Crippen molar-refractivity contribution in [2.24, 2.45) is 11.8 Å². The van der Waals surface area contributed by atoms with Gasteiger partial charge in [-0.15, -0.1) is 0 Å². The highest BCUT2D eigenvalue weighted by Gasteiger charge is 2.32. The first-order valence-electron chi connectivity index (χ1n) is 8.91. The molecule has 0 saturated carbocycles. The topological polar surface area (TPSA) is 86.7 Å². The van der Waals surface area contributed by atoms with Crippen LogP contribution in [-0.4, -0.2) is 46.9 Å². The molecule has 142 valence electrons. The molecule has 0 bridgehead atoms. The van der Waals surface area contributed by atoms with Crippen LogP contribution in [0.3, 0.4) is 0 Å². The highest BCUT2D eigenvalue weighted by atomic mass is 35.5. The molecular formula is C19H25ClN2O4. The molecule has 1 aromatic rings. The summed E-state index contributed by atoms with van der Waals surface area (Å²) in [4.78, 5) is 38.2. The molecule has 7 heteroatoms. The van der Waals surface area contributed by atoms with Crippen molar-refractivity contribution in [3.8, 4) is 0 Å². The molecule has 0 radical (unpaired) electrons. The Hall–Kier alpha value is -2.08.